The van der Waals surface area contributed by atoms with Gasteiger partial charge in [-0.05, 0) is 24.6 Å². The van der Waals surface area contributed by atoms with Crippen LogP contribution in [0.4, 0.5) is 0 Å². The lowest BCUT2D eigenvalue weighted by atomic mass is 10.1. The lowest BCUT2D eigenvalue weighted by Crippen LogP contribution is -2.37. The molecule has 1 aromatic rings. The summed E-state index contributed by atoms with van der Waals surface area (Å²) in [5.74, 6) is -0.463. The van der Waals surface area contributed by atoms with Crippen molar-refractivity contribution in [3.8, 4) is 0 Å². The number of imide groups is 1. The van der Waals surface area contributed by atoms with E-state index in [9.17, 15) is 9.59 Å². The predicted molar refractivity (Wildman–Crippen MR) is 57.3 cm³/mol. The van der Waals surface area contributed by atoms with Gasteiger partial charge in [-0.3, -0.25) is 25.2 Å². The fourth-order valence-electron chi connectivity index (χ4n) is 1.74. The zero-order valence-electron chi connectivity index (χ0n) is 8.93. The molecular formula is C11H13N3O2. The van der Waals surface area contributed by atoms with Crippen molar-refractivity contribution in [1.29, 1.82) is 0 Å². The zero-order valence-corrected chi connectivity index (χ0v) is 8.93. The monoisotopic (exact) mass is 219 g/mol. The smallest absolute Gasteiger partial charge is 0.244 e. The first kappa shape index (κ1) is 10.8. The fraction of sp³-hybridized carbons (Fsp3) is 0.364. The van der Waals surface area contributed by atoms with Gasteiger partial charge in [-0.1, -0.05) is 0 Å². The van der Waals surface area contributed by atoms with Crippen LogP contribution in [0.2, 0.25) is 0 Å². The summed E-state index contributed by atoms with van der Waals surface area (Å²) in [6, 6.07) is 3.36. The molecule has 1 saturated heterocycles. The molecule has 0 bridgehead atoms. The molecule has 16 heavy (non-hydrogen) atoms. The molecule has 0 radical (unpaired) electrons. The molecular weight excluding hydrogens is 206 g/mol. The van der Waals surface area contributed by atoms with Gasteiger partial charge in [0.25, 0.3) is 0 Å². The fourth-order valence-corrected chi connectivity index (χ4v) is 1.74. The Morgan fingerprint density at radius 3 is 2.69 bits per heavy atom. The first-order valence-corrected chi connectivity index (χ1v) is 5.16. The van der Waals surface area contributed by atoms with Crippen LogP contribution in [0.5, 0.6) is 0 Å². The number of nitrogens with one attached hydrogen (secondary N) is 2. The number of pyridine rings is 1. The first-order valence-electron chi connectivity index (χ1n) is 5.16. The van der Waals surface area contributed by atoms with Crippen LogP contribution in [0.1, 0.15) is 24.9 Å². The van der Waals surface area contributed by atoms with Crippen molar-refractivity contribution in [2.75, 3.05) is 0 Å². The average Bonchev–Trinajstić information content (AvgIpc) is 2.59. The van der Waals surface area contributed by atoms with E-state index in [0.717, 1.165) is 5.56 Å². The Hall–Kier alpha value is -1.75. The van der Waals surface area contributed by atoms with Crippen LogP contribution in [0.3, 0.4) is 0 Å². The van der Waals surface area contributed by atoms with E-state index in [2.05, 4.69) is 15.6 Å². The maximum Gasteiger partial charge on any atom is 0.244 e. The van der Waals surface area contributed by atoms with Crippen molar-refractivity contribution in [1.82, 2.24) is 15.6 Å². The highest BCUT2D eigenvalue weighted by Crippen LogP contribution is 2.13. The molecule has 0 aromatic carbocycles. The van der Waals surface area contributed by atoms with Gasteiger partial charge in [-0.2, -0.15) is 0 Å². The number of nitrogens with zero attached hydrogens (tertiary/aromatic N) is 1. The minimum atomic E-state index is -0.421. The number of hydrogen-bond donors (Lipinski definition) is 2. The maximum absolute atomic E-state index is 11.3. The Kier molecular flexibility index (Phi) is 2.96. The molecule has 0 aliphatic carbocycles. The molecule has 2 rings (SSSR count). The van der Waals surface area contributed by atoms with E-state index in [-0.39, 0.29) is 24.3 Å². The van der Waals surface area contributed by atoms with E-state index in [1.807, 2.05) is 19.1 Å². The Labute approximate surface area is 93.3 Å². The van der Waals surface area contributed by atoms with E-state index < -0.39 is 6.04 Å². The maximum atomic E-state index is 11.3. The highest BCUT2D eigenvalue weighted by atomic mass is 16.2. The van der Waals surface area contributed by atoms with Crippen LogP contribution >= 0.6 is 0 Å². The van der Waals surface area contributed by atoms with Crippen LogP contribution in [-0.4, -0.2) is 22.8 Å². The number of aromatic nitrogens is 1. The zero-order chi connectivity index (χ0) is 11.5. The van der Waals surface area contributed by atoms with Crippen LogP contribution in [0.15, 0.2) is 24.5 Å². The summed E-state index contributed by atoms with van der Waals surface area (Å²) in [6.45, 7) is 1.95. The van der Waals surface area contributed by atoms with Gasteiger partial charge in [0.05, 0.1) is 12.5 Å². The quantitative estimate of drug-likeness (QED) is 0.710. The van der Waals surface area contributed by atoms with Gasteiger partial charge < -0.3 is 0 Å². The van der Waals surface area contributed by atoms with E-state index in [1.54, 1.807) is 12.4 Å². The third kappa shape index (κ3) is 2.25. The van der Waals surface area contributed by atoms with E-state index >= 15 is 0 Å². The molecule has 1 aliphatic rings. The SMILES string of the molecule is C[C@@H](NC1CC(=O)NC1=O)c1ccncc1. The Morgan fingerprint density at radius 1 is 1.44 bits per heavy atom. The molecule has 2 heterocycles. The molecule has 2 N–H and O–H groups in total. The Balaban J connectivity index is 2.00. The minimum Gasteiger partial charge on any atom is -0.299 e. The third-order valence-corrected chi connectivity index (χ3v) is 2.63. The largest absolute Gasteiger partial charge is 0.299 e. The molecule has 1 unspecified atom stereocenters. The van der Waals surface area contributed by atoms with Crippen molar-refractivity contribution in [2.24, 2.45) is 0 Å². The number of carbonyl (C=O) groups excluding carboxylic acids is 2. The van der Waals surface area contributed by atoms with Gasteiger partial charge in [0.2, 0.25) is 11.8 Å². The molecule has 1 aliphatic heterocycles. The third-order valence-electron chi connectivity index (χ3n) is 2.63. The summed E-state index contributed by atoms with van der Waals surface area (Å²) in [5.41, 5.74) is 1.04. The first-order chi connectivity index (χ1) is 7.66. The van der Waals surface area contributed by atoms with Crippen molar-refractivity contribution in [2.45, 2.75) is 25.4 Å². The van der Waals surface area contributed by atoms with Gasteiger partial charge in [0.15, 0.2) is 0 Å². The van der Waals surface area contributed by atoms with Crippen molar-refractivity contribution >= 4 is 11.8 Å². The van der Waals surface area contributed by atoms with Crippen LogP contribution in [0, 0.1) is 0 Å². The lowest BCUT2D eigenvalue weighted by molar-refractivity contribution is -0.125. The molecule has 0 spiro atoms. The van der Waals surface area contributed by atoms with Crippen LogP contribution in [0.25, 0.3) is 0 Å². The van der Waals surface area contributed by atoms with Gasteiger partial charge in [-0.25, -0.2) is 0 Å². The summed E-state index contributed by atoms with van der Waals surface area (Å²) >= 11 is 0. The lowest BCUT2D eigenvalue weighted by Gasteiger charge is -2.17. The Bertz CT molecular complexity index is 405. The predicted octanol–water partition coefficient (Wildman–Crippen LogP) is 0.147. The number of hydrogen-bond acceptors (Lipinski definition) is 4. The highest BCUT2D eigenvalue weighted by Gasteiger charge is 2.31. The van der Waals surface area contributed by atoms with Crippen molar-refractivity contribution in [3.63, 3.8) is 0 Å². The Morgan fingerprint density at radius 2 is 2.12 bits per heavy atom. The molecule has 1 fully saturated rings. The van der Waals surface area contributed by atoms with E-state index in [0.29, 0.717) is 0 Å². The molecule has 0 saturated carbocycles. The molecule has 2 amide bonds. The summed E-state index contributed by atoms with van der Waals surface area (Å²) in [5, 5.41) is 5.39. The molecule has 5 nitrogen and oxygen atoms in total. The topological polar surface area (TPSA) is 71.1 Å². The van der Waals surface area contributed by atoms with E-state index in [1.165, 1.54) is 0 Å². The summed E-state index contributed by atoms with van der Waals surface area (Å²) in [6.07, 6.45) is 3.62. The number of amides is 2. The van der Waals surface area contributed by atoms with Gasteiger partial charge in [0, 0.05) is 18.4 Å². The molecule has 5 heteroatoms. The average molecular weight is 219 g/mol. The summed E-state index contributed by atoms with van der Waals surface area (Å²) < 4.78 is 0. The van der Waals surface area contributed by atoms with E-state index in [4.69, 9.17) is 0 Å². The molecule has 84 valence electrons. The second kappa shape index (κ2) is 4.40. The van der Waals surface area contributed by atoms with Crippen molar-refractivity contribution in [3.05, 3.63) is 30.1 Å². The second-order valence-corrected chi connectivity index (χ2v) is 3.84. The van der Waals surface area contributed by atoms with Gasteiger partial charge in [0.1, 0.15) is 0 Å². The summed E-state index contributed by atoms with van der Waals surface area (Å²) in [7, 11) is 0. The molecule has 1 aromatic heterocycles. The van der Waals surface area contributed by atoms with Crippen LogP contribution in [-0.2, 0) is 9.59 Å². The van der Waals surface area contributed by atoms with Gasteiger partial charge in [-0.15, -0.1) is 0 Å². The molecule has 2 atom stereocenters. The highest BCUT2D eigenvalue weighted by molar-refractivity contribution is 6.05. The summed E-state index contributed by atoms with van der Waals surface area (Å²) in [4.78, 5) is 26.3. The normalized spacial score (nSPS) is 21.9. The number of carbonyl (C=O) groups is 2. The standard InChI is InChI=1S/C11H13N3O2/c1-7(8-2-4-12-5-3-8)13-9-6-10(15)14-11(9)16/h2-5,7,9,13H,6H2,1H3,(H,14,15,16)/t7-,9?/m1/s1. The minimum absolute atomic E-state index is 0.0182. The van der Waals surface area contributed by atoms with Gasteiger partial charge >= 0.3 is 0 Å². The number of rotatable bonds is 3. The second-order valence-electron chi connectivity index (χ2n) is 3.84. The van der Waals surface area contributed by atoms with Crippen LogP contribution < -0.4 is 10.6 Å². The van der Waals surface area contributed by atoms with Crippen molar-refractivity contribution < 1.29 is 9.59 Å².